The lowest BCUT2D eigenvalue weighted by Crippen LogP contribution is -2.36. The molecule has 1 aliphatic rings. The molecule has 5 heteroatoms. The topological polar surface area (TPSA) is 58.2 Å². The molecule has 1 aromatic carbocycles. The van der Waals surface area contributed by atoms with Crippen molar-refractivity contribution in [1.29, 1.82) is 0 Å². The van der Waals surface area contributed by atoms with Gasteiger partial charge < -0.3 is 14.6 Å². The molecule has 1 aromatic heterocycles. The Labute approximate surface area is 136 Å². The Bertz CT molecular complexity index is 622. The smallest absolute Gasteiger partial charge is 0.230 e. The number of hydrogen-bond acceptors (Lipinski definition) is 3. The van der Waals surface area contributed by atoms with Gasteiger partial charge in [0, 0.05) is 18.9 Å². The number of aromatic amines is 1. The number of benzene rings is 1. The van der Waals surface area contributed by atoms with Crippen molar-refractivity contribution in [3.63, 3.8) is 0 Å². The molecule has 5 nitrogen and oxygen atoms in total. The number of carbonyl (C=O) groups excluding carboxylic acids is 1. The van der Waals surface area contributed by atoms with Gasteiger partial charge in [-0.15, -0.1) is 0 Å². The number of rotatable bonds is 4. The first-order valence-corrected chi connectivity index (χ1v) is 8.19. The van der Waals surface area contributed by atoms with Crippen LogP contribution in [-0.4, -0.2) is 34.4 Å². The van der Waals surface area contributed by atoms with Gasteiger partial charge in [-0.2, -0.15) is 0 Å². The standard InChI is InChI=1S/C18H23N3O2/c1-23-15-8-6-14(7-9-15)16-5-3-2-4-12-21(16)18(22)13-17-19-10-11-20-17/h6-11,16H,2-5,12-13H2,1H3,(H,19,20). The fourth-order valence-electron chi connectivity index (χ4n) is 3.22. The number of nitrogens with one attached hydrogen (secondary N) is 1. The van der Waals surface area contributed by atoms with Crippen LogP contribution in [0.3, 0.4) is 0 Å². The van der Waals surface area contributed by atoms with Crippen molar-refractivity contribution < 1.29 is 9.53 Å². The summed E-state index contributed by atoms with van der Waals surface area (Å²) in [6, 6.07) is 8.22. The highest BCUT2D eigenvalue weighted by Gasteiger charge is 2.27. The average Bonchev–Trinajstić information content (AvgIpc) is 2.96. The Morgan fingerprint density at radius 3 is 2.83 bits per heavy atom. The largest absolute Gasteiger partial charge is 0.497 e. The second-order valence-electron chi connectivity index (χ2n) is 5.94. The zero-order valence-corrected chi connectivity index (χ0v) is 13.5. The predicted molar refractivity (Wildman–Crippen MR) is 88.2 cm³/mol. The summed E-state index contributed by atoms with van der Waals surface area (Å²) in [7, 11) is 1.67. The van der Waals surface area contributed by atoms with Gasteiger partial charge in [0.1, 0.15) is 11.6 Å². The molecule has 0 radical (unpaired) electrons. The van der Waals surface area contributed by atoms with Crippen molar-refractivity contribution in [2.45, 2.75) is 38.1 Å². The molecule has 0 aliphatic carbocycles. The van der Waals surface area contributed by atoms with E-state index in [0.717, 1.165) is 37.4 Å². The Morgan fingerprint density at radius 1 is 1.30 bits per heavy atom. The normalized spacial score (nSPS) is 18.5. The molecule has 2 aromatic rings. The molecule has 1 aliphatic heterocycles. The van der Waals surface area contributed by atoms with Crippen molar-refractivity contribution >= 4 is 5.91 Å². The Morgan fingerprint density at radius 2 is 2.13 bits per heavy atom. The average molecular weight is 313 g/mol. The van der Waals surface area contributed by atoms with E-state index in [9.17, 15) is 4.79 Å². The van der Waals surface area contributed by atoms with Crippen LogP contribution in [0, 0.1) is 0 Å². The molecule has 0 saturated carbocycles. The van der Waals surface area contributed by atoms with Crippen molar-refractivity contribution in [2.24, 2.45) is 0 Å². The summed E-state index contributed by atoms with van der Waals surface area (Å²) in [5.41, 5.74) is 1.18. The zero-order chi connectivity index (χ0) is 16.1. The fourth-order valence-corrected chi connectivity index (χ4v) is 3.22. The lowest BCUT2D eigenvalue weighted by atomic mass is 10.0. The van der Waals surface area contributed by atoms with Crippen LogP contribution in [0.1, 0.15) is 43.1 Å². The second kappa shape index (κ2) is 7.31. The van der Waals surface area contributed by atoms with Crippen LogP contribution in [0.15, 0.2) is 36.7 Å². The molecule has 3 rings (SSSR count). The number of carbonyl (C=O) groups is 1. The molecule has 1 atom stereocenters. The Kier molecular flexibility index (Phi) is 4.95. The fraction of sp³-hybridized carbons (Fsp3) is 0.444. The van der Waals surface area contributed by atoms with Crippen molar-refractivity contribution in [2.75, 3.05) is 13.7 Å². The number of imidazole rings is 1. The summed E-state index contributed by atoms with van der Waals surface area (Å²) in [4.78, 5) is 22.0. The second-order valence-corrected chi connectivity index (χ2v) is 5.94. The van der Waals surface area contributed by atoms with E-state index in [1.165, 1.54) is 12.0 Å². The maximum Gasteiger partial charge on any atom is 0.230 e. The molecule has 1 amide bonds. The molecule has 1 saturated heterocycles. The molecule has 122 valence electrons. The molecule has 0 spiro atoms. The number of methoxy groups -OCH3 is 1. The lowest BCUT2D eigenvalue weighted by molar-refractivity contribution is -0.133. The van der Waals surface area contributed by atoms with Crippen LogP contribution in [-0.2, 0) is 11.2 Å². The first-order chi connectivity index (χ1) is 11.3. The summed E-state index contributed by atoms with van der Waals surface area (Å²) < 4.78 is 5.23. The van der Waals surface area contributed by atoms with E-state index in [1.807, 2.05) is 17.0 Å². The lowest BCUT2D eigenvalue weighted by Gasteiger charge is -2.30. The van der Waals surface area contributed by atoms with Gasteiger partial charge in [0.15, 0.2) is 0 Å². The highest BCUT2D eigenvalue weighted by Crippen LogP contribution is 2.31. The third-order valence-electron chi connectivity index (χ3n) is 4.45. The zero-order valence-electron chi connectivity index (χ0n) is 13.5. The number of ether oxygens (including phenoxy) is 1. The van der Waals surface area contributed by atoms with Crippen LogP contribution in [0.2, 0.25) is 0 Å². The van der Waals surface area contributed by atoms with Crippen LogP contribution < -0.4 is 4.74 Å². The monoisotopic (exact) mass is 313 g/mol. The number of nitrogens with zero attached hydrogens (tertiary/aromatic N) is 2. The number of likely N-dealkylation sites (tertiary alicyclic amines) is 1. The summed E-state index contributed by atoms with van der Waals surface area (Å²) in [6.45, 7) is 0.816. The molecule has 2 heterocycles. The van der Waals surface area contributed by atoms with Gasteiger partial charge in [-0.25, -0.2) is 4.98 Å². The van der Waals surface area contributed by atoms with Gasteiger partial charge in [-0.1, -0.05) is 25.0 Å². The van der Waals surface area contributed by atoms with Crippen molar-refractivity contribution in [3.8, 4) is 5.75 Å². The highest BCUT2D eigenvalue weighted by molar-refractivity contribution is 5.78. The molecule has 1 unspecified atom stereocenters. The van der Waals surface area contributed by atoms with Crippen LogP contribution in [0.5, 0.6) is 5.75 Å². The van der Waals surface area contributed by atoms with E-state index in [4.69, 9.17) is 4.74 Å². The number of aromatic nitrogens is 2. The molecule has 1 N–H and O–H groups in total. The third-order valence-corrected chi connectivity index (χ3v) is 4.45. The molecular weight excluding hydrogens is 290 g/mol. The van der Waals surface area contributed by atoms with Crippen molar-refractivity contribution in [3.05, 3.63) is 48.0 Å². The number of hydrogen-bond donors (Lipinski definition) is 1. The van der Waals surface area contributed by atoms with Crippen LogP contribution in [0.4, 0.5) is 0 Å². The van der Waals surface area contributed by atoms with E-state index in [-0.39, 0.29) is 11.9 Å². The third kappa shape index (κ3) is 3.73. The molecular formula is C18H23N3O2. The van der Waals surface area contributed by atoms with Gasteiger partial charge in [0.05, 0.1) is 19.6 Å². The summed E-state index contributed by atoms with van der Waals surface area (Å²) >= 11 is 0. The van der Waals surface area contributed by atoms with Gasteiger partial charge >= 0.3 is 0 Å². The van der Waals surface area contributed by atoms with Gasteiger partial charge in [0.2, 0.25) is 5.91 Å². The van der Waals surface area contributed by atoms with Crippen molar-refractivity contribution in [1.82, 2.24) is 14.9 Å². The van der Waals surface area contributed by atoms with Gasteiger partial charge in [-0.05, 0) is 30.5 Å². The summed E-state index contributed by atoms with van der Waals surface area (Å²) in [5, 5.41) is 0. The number of H-pyrrole nitrogens is 1. The first-order valence-electron chi connectivity index (χ1n) is 8.19. The highest BCUT2D eigenvalue weighted by atomic mass is 16.5. The summed E-state index contributed by atoms with van der Waals surface area (Å²) in [5.74, 6) is 1.71. The first kappa shape index (κ1) is 15.6. The Balaban J connectivity index is 1.80. The van der Waals surface area contributed by atoms with E-state index < -0.39 is 0 Å². The predicted octanol–water partition coefficient (Wildman–Crippen LogP) is 3.10. The van der Waals surface area contributed by atoms with E-state index in [0.29, 0.717) is 6.42 Å². The minimum Gasteiger partial charge on any atom is -0.497 e. The minimum absolute atomic E-state index is 0.141. The van der Waals surface area contributed by atoms with E-state index >= 15 is 0 Å². The molecule has 0 bridgehead atoms. The van der Waals surface area contributed by atoms with E-state index in [1.54, 1.807) is 19.5 Å². The maximum atomic E-state index is 12.8. The van der Waals surface area contributed by atoms with E-state index in [2.05, 4.69) is 22.1 Å². The van der Waals surface area contributed by atoms with Gasteiger partial charge in [0.25, 0.3) is 0 Å². The number of amides is 1. The maximum absolute atomic E-state index is 12.8. The molecule has 1 fully saturated rings. The van der Waals surface area contributed by atoms with Crippen LogP contribution >= 0.6 is 0 Å². The SMILES string of the molecule is COc1ccc(C2CCCCCN2C(=O)Cc2ncc[nH]2)cc1. The van der Waals surface area contributed by atoms with Gasteiger partial charge in [-0.3, -0.25) is 4.79 Å². The quantitative estimate of drug-likeness (QED) is 0.943. The summed E-state index contributed by atoms with van der Waals surface area (Å²) in [6.07, 6.45) is 8.18. The minimum atomic E-state index is 0.141. The Hall–Kier alpha value is -2.30. The van der Waals surface area contributed by atoms with Crippen LogP contribution in [0.25, 0.3) is 0 Å². The molecule has 23 heavy (non-hydrogen) atoms.